The Hall–Kier alpha value is -2.82. The highest BCUT2D eigenvalue weighted by atomic mass is 16.2. The van der Waals surface area contributed by atoms with E-state index < -0.39 is 0 Å². The molecule has 2 heterocycles. The number of nitrogens with two attached hydrogens (primary N) is 1. The number of hydrogen-bond donors (Lipinski definition) is 1. The van der Waals surface area contributed by atoms with Crippen LogP contribution in [-0.4, -0.2) is 22.2 Å². The molecule has 5 heteroatoms. The van der Waals surface area contributed by atoms with Gasteiger partial charge in [0.1, 0.15) is 5.82 Å². The summed E-state index contributed by atoms with van der Waals surface area (Å²) in [4.78, 5) is 14.8. The first-order valence-corrected chi connectivity index (χ1v) is 9.19. The van der Waals surface area contributed by atoms with Crippen molar-refractivity contribution in [2.24, 2.45) is 17.6 Å². The van der Waals surface area contributed by atoms with Crippen LogP contribution < -0.4 is 10.6 Å². The number of fused-ring (bicyclic) bond motifs is 1. The molecule has 2 aliphatic rings. The Morgan fingerprint density at radius 3 is 2.77 bits per heavy atom. The number of carbonyl (C=O) groups excluding carboxylic acids is 1. The highest BCUT2D eigenvalue weighted by Crippen LogP contribution is 2.45. The molecule has 5 nitrogen and oxygen atoms in total. The van der Waals surface area contributed by atoms with Gasteiger partial charge in [-0.1, -0.05) is 37.3 Å². The van der Waals surface area contributed by atoms with E-state index in [1.54, 1.807) is 0 Å². The third-order valence-corrected chi connectivity index (χ3v) is 5.49. The van der Waals surface area contributed by atoms with Gasteiger partial charge in [-0.2, -0.15) is 5.10 Å². The fraction of sp³-hybridized carbons (Fsp3) is 0.333. The molecule has 3 atom stereocenters. The van der Waals surface area contributed by atoms with Crippen LogP contribution in [0, 0.1) is 11.8 Å². The van der Waals surface area contributed by atoms with Crippen LogP contribution in [0.4, 0.5) is 5.82 Å². The topological polar surface area (TPSA) is 64.2 Å². The monoisotopic (exact) mass is 348 g/mol. The number of anilines is 1. The third-order valence-electron chi connectivity index (χ3n) is 5.49. The first-order valence-electron chi connectivity index (χ1n) is 9.19. The summed E-state index contributed by atoms with van der Waals surface area (Å²) in [6.45, 7) is 4.82. The van der Waals surface area contributed by atoms with Gasteiger partial charge in [0, 0.05) is 30.1 Å². The first kappa shape index (κ1) is 16.6. The molecule has 0 saturated heterocycles. The minimum atomic E-state index is 0.0938. The highest BCUT2D eigenvalue weighted by molar-refractivity contribution is 5.96. The summed E-state index contributed by atoms with van der Waals surface area (Å²) >= 11 is 0. The molecule has 1 amide bonds. The number of benzene rings is 1. The molecule has 0 spiro atoms. The van der Waals surface area contributed by atoms with E-state index in [4.69, 9.17) is 5.73 Å². The lowest BCUT2D eigenvalue weighted by Crippen LogP contribution is -2.40. The van der Waals surface area contributed by atoms with Gasteiger partial charge in [-0.3, -0.25) is 9.69 Å². The van der Waals surface area contributed by atoms with Gasteiger partial charge in [0.25, 0.3) is 0 Å². The van der Waals surface area contributed by atoms with Crippen LogP contribution in [0.2, 0.25) is 0 Å². The van der Waals surface area contributed by atoms with E-state index in [2.05, 4.69) is 24.2 Å². The molecule has 1 aliphatic carbocycles. The molecule has 26 heavy (non-hydrogen) atoms. The normalized spacial score (nSPS) is 25.2. The summed E-state index contributed by atoms with van der Waals surface area (Å²) < 4.78 is 1.89. The zero-order valence-electron chi connectivity index (χ0n) is 15.2. The van der Waals surface area contributed by atoms with E-state index >= 15 is 0 Å². The van der Waals surface area contributed by atoms with Crippen molar-refractivity contribution in [3.05, 3.63) is 66.0 Å². The summed E-state index contributed by atoms with van der Waals surface area (Å²) in [5, 5.41) is 4.64. The Morgan fingerprint density at radius 2 is 2.04 bits per heavy atom. The second-order valence-corrected chi connectivity index (χ2v) is 7.08. The van der Waals surface area contributed by atoms with Crippen molar-refractivity contribution in [2.45, 2.75) is 26.2 Å². The molecule has 2 aromatic rings. The summed E-state index contributed by atoms with van der Waals surface area (Å²) in [7, 11) is 0. The SMILES string of the molecule is CCN1C(=O)C[C@@H](C2C=C(N)C=CC2C)c2cnn(-c3ccccc3)c21. The Kier molecular flexibility index (Phi) is 4.15. The Morgan fingerprint density at radius 1 is 1.27 bits per heavy atom. The molecule has 0 bridgehead atoms. The quantitative estimate of drug-likeness (QED) is 0.925. The molecule has 134 valence electrons. The van der Waals surface area contributed by atoms with E-state index in [0.29, 0.717) is 18.9 Å². The van der Waals surface area contributed by atoms with Gasteiger partial charge in [-0.05, 0) is 37.0 Å². The van der Waals surface area contributed by atoms with Gasteiger partial charge in [0.15, 0.2) is 0 Å². The van der Waals surface area contributed by atoms with E-state index in [-0.39, 0.29) is 17.7 Å². The number of hydrogen-bond acceptors (Lipinski definition) is 3. The van der Waals surface area contributed by atoms with Crippen LogP contribution in [-0.2, 0) is 4.79 Å². The van der Waals surface area contributed by atoms with Crippen molar-refractivity contribution in [3.63, 3.8) is 0 Å². The average Bonchev–Trinajstić information content (AvgIpc) is 3.09. The Balaban J connectivity index is 1.84. The molecule has 0 saturated carbocycles. The van der Waals surface area contributed by atoms with E-state index in [0.717, 1.165) is 22.8 Å². The fourth-order valence-corrected chi connectivity index (χ4v) is 4.14. The Bertz CT molecular complexity index is 881. The van der Waals surface area contributed by atoms with Crippen molar-refractivity contribution in [1.29, 1.82) is 0 Å². The van der Waals surface area contributed by atoms with Crippen LogP contribution in [0.15, 0.2) is 60.5 Å². The predicted molar refractivity (Wildman–Crippen MR) is 103 cm³/mol. The standard InChI is InChI=1S/C21H24N4O/c1-3-24-20(26)12-18(17-11-15(22)10-9-14(17)2)19-13-23-25(21(19)24)16-7-5-4-6-8-16/h4-11,13-14,17-18H,3,12,22H2,1-2H3/t14?,17?,18-/m0/s1. The maximum Gasteiger partial charge on any atom is 0.228 e. The number of rotatable bonds is 3. The third kappa shape index (κ3) is 2.64. The maximum atomic E-state index is 12.9. The maximum absolute atomic E-state index is 12.9. The summed E-state index contributed by atoms with van der Waals surface area (Å²) in [5.74, 6) is 1.68. The number of para-hydroxylation sites is 1. The molecule has 2 N–H and O–H groups in total. The van der Waals surface area contributed by atoms with E-state index in [1.165, 1.54) is 0 Å². The van der Waals surface area contributed by atoms with E-state index in [1.807, 2.05) is 59.1 Å². The molecular weight excluding hydrogens is 324 g/mol. The predicted octanol–water partition coefficient (Wildman–Crippen LogP) is 3.38. The molecule has 4 rings (SSSR count). The smallest absolute Gasteiger partial charge is 0.228 e. The van der Waals surface area contributed by atoms with Crippen LogP contribution in [0.5, 0.6) is 0 Å². The van der Waals surface area contributed by atoms with Crippen molar-refractivity contribution >= 4 is 11.7 Å². The molecule has 0 radical (unpaired) electrons. The minimum Gasteiger partial charge on any atom is -0.399 e. The van der Waals surface area contributed by atoms with Gasteiger partial charge in [0.2, 0.25) is 5.91 Å². The average molecular weight is 348 g/mol. The summed E-state index contributed by atoms with van der Waals surface area (Å²) in [6.07, 6.45) is 8.62. The Labute approximate surface area is 153 Å². The van der Waals surface area contributed by atoms with Crippen molar-refractivity contribution < 1.29 is 4.79 Å². The second kappa shape index (κ2) is 6.48. The highest BCUT2D eigenvalue weighted by Gasteiger charge is 2.39. The molecule has 1 aromatic carbocycles. The molecule has 0 fully saturated rings. The van der Waals surface area contributed by atoms with Crippen molar-refractivity contribution in [3.8, 4) is 5.69 Å². The number of aromatic nitrogens is 2. The first-order chi connectivity index (χ1) is 12.6. The lowest BCUT2D eigenvalue weighted by atomic mass is 9.73. The summed E-state index contributed by atoms with van der Waals surface area (Å²) in [6, 6.07) is 9.98. The van der Waals surface area contributed by atoms with Crippen LogP contribution in [0.3, 0.4) is 0 Å². The lowest BCUT2D eigenvalue weighted by molar-refractivity contribution is -0.119. The summed E-state index contributed by atoms with van der Waals surface area (Å²) in [5.41, 5.74) is 8.93. The molecular formula is C21H24N4O. The zero-order chi connectivity index (χ0) is 18.3. The van der Waals surface area contributed by atoms with Gasteiger partial charge >= 0.3 is 0 Å². The van der Waals surface area contributed by atoms with E-state index in [9.17, 15) is 4.79 Å². The number of amides is 1. The number of allylic oxidation sites excluding steroid dienone is 3. The molecule has 2 unspecified atom stereocenters. The number of nitrogens with zero attached hydrogens (tertiary/aromatic N) is 3. The fourth-order valence-electron chi connectivity index (χ4n) is 4.14. The number of carbonyl (C=O) groups is 1. The lowest BCUT2D eigenvalue weighted by Gasteiger charge is -2.37. The van der Waals surface area contributed by atoms with Gasteiger partial charge in [-0.15, -0.1) is 0 Å². The van der Waals surface area contributed by atoms with Gasteiger partial charge in [0.05, 0.1) is 11.9 Å². The molecule has 1 aliphatic heterocycles. The van der Waals surface area contributed by atoms with Crippen LogP contribution in [0.1, 0.15) is 31.7 Å². The minimum absolute atomic E-state index is 0.0938. The van der Waals surface area contributed by atoms with Gasteiger partial charge in [-0.25, -0.2) is 4.68 Å². The zero-order valence-corrected chi connectivity index (χ0v) is 15.2. The molecule has 1 aromatic heterocycles. The van der Waals surface area contributed by atoms with Crippen LogP contribution in [0.25, 0.3) is 5.69 Å². The second-order valence-electron chi connectivity index (χ2n) is 7.08. The van der Waals surface area contributed by atoms with Crippen molar-refractivity contribution in [1.82, 2.24) is 9.78 Å². The van der Waals surface area contributed by atoms with Crippen molar-refractivity contribution in [2.75, 3.05) is 11.4 Å². The largest absolute Gasteiger partial charge is 0.399 e. The van der Waals surface area contributed by atoms with Crippen LogP contribution >= 0.6 is 0 Å². The van der Waals surface area contributed by atoms with Gasteiger partial charge < -0.3 is 5.73 Å².